The van der Waals surface area contributed by atoms with E-state index >= 15 is 0 Å². The van der Waals surface area contributed by atoms with Crippen LogP contribution in [0.1, 0.15) is 10.9 Å². The van der Waals surface area contributed by atoms with Crippen LogP contribution in [0.25, 0.3) is 11.1 Å². The lowest BCUT2D eigenvalue weighted by Gasteiger charge is -2.09. The normalized spacial score (nSPS) is 13.7. The molecule has 104 valence electrons. The van der Waals surface area contributed by atoms with Crippen LogP contribution in [0.4, 0.5) is 0 Å². The van der Waals surface area contributed by atoms with Gasteiger partial charge in [0.1, 0.15) is 0 Å². The summed E-state index contributed by atoms with van der Waals surface area (Å²) in [4.78, 5) is 11.6. The summed E-state index contributed by atoms with van der Waals surface area (Å²) >= 11 is 5.77. The fourth-order valence-electron chi connectivity index (χ4n) is 1.93. The van der Waals surface area contributed by atoms with Gasteiger partial charge in [0.25, 0.3) is 0 Å². The maximum absolute atomic E-state index is 11.7. The van der Waals surface area contributed by atoms with Crippen LogP contribution in [-0.2, 0) is 15.6 Å². The molecular weight excluding hydrogens is 296 g/mol. The van der Waals surface area contributed by atoms with Crippen LogP contribution in [0.3, 0.4) is 0 Å². The molecular formula is C15H13ClO3S. The monoisotopic (exact) mass is 308 g/mol. The number of alkyl halides is 1. The summed E-state index contributed by atoms with van der Waals surface area (Å²) in [5, 5.41) is 7.81. The van der Waals surface area contributed by atoms with Crippen molar-refractivity contribution in [2.45, 2.75) is 10.3 Å². The Hall–Kier alpha value is -1.65. The van der Waals surface area contributed by atoms with Gasteiger partial charge in [-0.25, -0.2) is 0 Å². The van der Waals surface area contributed by atoms with Gasteiger partial charge in [-0.2, -0.15) is 0 Å². The molecule has 0 saturated carbocycles. The highest BCUT2D eigenvalue weighted by atomic mass is 35.5. The maximum atomic E-state index is 11.7. The van der Waals surface area contributed by atoms with Crippen molar-refractivity contribution >= 4 is 28.4 Å². The first-order valence-corrected chi connectivity index (χ1v) is 7.90. The predicted octanol–water partition coefficient (Wildman–Crippen LogP) is 3.46. The van der Waals surface area contributed by atoms with Gasteiger partial charge in [0.05, 0.1) is 10.8 Å². The van der Waals surface area contributed by atoms with Gasteiger partial charge in [0, 0.05) is 11.2 Å². The molecule has 0 fully saturated rings. The van der Waals surface area contributed by atoms with Crippen molar-refractivity contribution in [3.8, 4) is 11.1 Å². The van der Waals surface area contributed by atoms with E-state index in [0.717, 1.165) is 16.0 Å². The topological polar surface area (TPSA) is 54.4 Å². The molecule has 3 nitrogen and oxygen atoms in total. The van der Waals surface area contributed by atoms with Crippen LogP contribution in [-0.4, -0.2) is 21.5 Å². The fourth-order valence-corrected chi connectivity index (χ4v) is 2.84. The van der Waals surface area contributed by atoms with E-state index in [-0.39, 0.29) is 0 Å². The Bertz CT molecular complexity index is 652. The lowest BCUT2D eigenvalue weighted by atomic mass is 10.0. The van der Waals surface area contributed by atoms with Gasteiger partial charge in [0.15, 0.2) is 5.38 Å². The van der Waals surface area contributed by atoms with Crippen LogP contribution in [0, 0.1) is 0 Å². The summed E-state index contributed by atoms with van der Waals surface area (Å²) in [6.45, 7) is 0. The second-order valence-electron chi connectivity index (χ2n) is 4.27. The second kappa shape index (κ2) is 6.20. The first kappa shape index (κ1) is 14.8. The third kappa shape index (κ3) is 3.08. The van der Waals surface area contributed by atoms with Gasteiger partial charge >= 0.3 is 5.97 Å². The SMILES string of the molecule is CS(=O)c1ccccc1-c1ccc(C(Cl)C(=O)O)cc1. The Balaban J connectivity index is 2.41. The third-order valence-electron chi connectivity index (χ3n) is 2.93. The Labute approximate surface area is 124 Å². The van der Waals surface area contributed by atoms with Crippen molar-refractivity contribution in [3.05, 3.63) is 54.1 Å². The van der Waals surface area contributed by atoms with Crippen LogP contribution in [0.15, 0.2) is 53.4 Å². The highest BCUT2D eigenvalue weighted by Gasteiger charge is 2.16. The molecule has 0 saturated heterocycles. The second-order valence-corrected chi connectivity index (χ2v) is 6.06. The molecule has 2 aromatic carbocycles. The zero-order valence-corrected chi connectivity index (χ0v) is 12.3. The molecule has 0 aliphatic carbocycles. The van der Waals surface area contributed by atoms with Crippen molar-refractivity contribution < 1.29 is 14.1 Å². The van der Waals surface area contributed by atoms with E-state index in [1.54, 1.807) is 30.5 Å². The molecule has 0 bridgehead atoms. The molecule has 2 aromatic rings. The Kier molecular flexibility index (Phi) is 4.57. The number of carboxylic acid groups (broad SMARTS) is 1. The smallest absolute Gasteiger partial charge is 0.326 e. The average molecular weight is 309 g/mol. The molecule has 20 heavy (non-hydrogen) atoms. The zero-order valence-electron chi connectivity index (χ0n) is 10.7. The van der Waals surface area contributed by atoms with Crippen LogP contribution >= 0.6 is 11.6 Å². The summed E-state index contributed by atoms with van der Waals surface area (Å²) in [7, 11) is -1.08. The van der Waals surface area contributed by atoms with Crippen LogP contribution < -0.4 is 0 Å². The van der Waals surface area contributed by atoms with E-state index in [4.69, 9.17) is 16.7 Å². The van der Waals surface area contributed by atoms with Crippen molar-refractivity contribution in [2.75, 3.05) is 6.26 Å². The number of aliphatic carboxylic acids is 1. The number of benzene rings is 2. The number of carbonyl (C=O) groups is 1. The number of rotatable bonds is 4. The zero-order chi connectivity index (χ0) is 14.7. The first-order chi connectivity index (χ1) is 9.50. The lowest BCUT2D eigenvalue weighted by Crippen LogP contribution is -2.04. The molecule has 0 aliphatic heterocycles. The molecule has 0 aromatic heterocycles. The molecule has 2 unspecified atom stereocenters. The molecule has 5 heteroatoms. The van der Waals surface area contributed by atoms with E-state index in [0.29, 0.717) is 5.56 Å². The standard InChI is InChI=1S/C15H13ClO3S/c1-20(19)13-5-3-2-4-12(13)10-6-8-11(9-7-10)14(16)15(17)18/h2-9,14H,1H3,(H,17,18). The molecule has 2 rings (SSSR count). The quantitative estimate of drug-likeness (QED) is 0.880. The minimum atomic E-state index is -1.08. The molecule has 0 spiro atoms. The van der Waals surface area contributed by atoms with E-state index in [1.807, 2.05) is 24.3 Å². The summed E-state index contributed by atoms with van der Waals surface area (Å²) in [6, 6.07) is 14.4. The van der Waals surface area contributed by atoms with Crippen molar-refractivity contribution in [1.29, 1.82) is 0 Å². The van der Waals surface area contributed by atoms with E-state index in [9.17, 15) is 9.00 Å². The lowest BCUT2D eigenvalue weighted by molar-refractivity contribution is -0.136. The van der Waals surface area contributed by atoms with Gasteiger partial charge in [0.2, 0.25) is 0 Å². The Morgan fingerprint density at radius 1 is 1.15 bits per heavy atom. The largest absolute Gasteiger partial charge is 0.480 e. The van der Waals surface area contributed by atoms with Crippen molar-refractivity contribution in [2.24, 2.45) is 0 Å². The fraction of sp³-hybridized carbons (Fsp3) is 0.133. The maximum Gasteiger partial charge on any atom is 0.326 e. The highest BCUT2D eigenvalue weighted by molar-refractivity contribution is 7.84. The summed E-state index contributed by atoms with van der Waals surface area (Å²) in [6.07, 6.45) is 1.63. The summed E-state index contributed by atoms with van der Waals surface area (Å²) < 4.78 is 11.7. The van der Waals surface area contributed by atoms with E-state index in [1.165, 1.54) is 0 Å². The van der Waals surface area contributed by atoms with Crippen LogP contribution in [0.5, 0.6) is 0 Å². The molecule has 0 radical (unpaired) electrons. The number of carboxylic acids is 1. The number of hydrogen-bond donors (Lipinski definition) is 1. The Morgan fingerprint density at radius 3 is 2.30 bits per heavy atom. The van der Waals surface area contributed by atoms with E-state index < -0.39 is 22.1 Å². The molecule has 1 N–H and O–H groups in total. The van der Waals surface area contributed by atoms with Gasteiger partial charge in [-0.1, -0.05) is 42.5 Å². The van der Waals surface area contributed by atoms with Crippen molar-refractivity contribution in [1.82, 2.24) is 0 Å². The molecule has 2 atom stereocenters. The van der Waals surface area contributed by atoms with Gasteiger partial charge in [-0.05, 0) is 22.8 Å². The third-order valence-corrected chi connectivity index (χ3v) is 4.34. The summed E-state index contributed by atoms with van der Waals surface area (Å²) in [5.41, 5.74) is 2.29. The van der Waals surface area contributed by atoms with Gasteiger partial charge < -0.3 is 5.11 Å². The predicted molar refractivity (Wildman–Crippen MR) is 80.4 cm³/mol. The van der Waals surface area contributed by atoms with E-state index in [2.05, 4.69) is 0 Å². The molecule has 0 aliphatic rings. The first-order valence-electron chi connectivity index (χ1n) is 5.90. The van der Waals surface area contributed by atoms with Gasteiger partial charge in [-0.15, -0.1) is 11.6 Å². The molecule has 0 heterocycles. The summed E-state index contributed by atoms with van der Waals surface area (Å²) in [5.74, 6) is -1.07. The van der Waals surface area contributed by atoms with Crippen molar-refractivity contribution in [3.63, 3.8) is 0 Å². The minimum Gasteiger partial charge on any atom is -0.480 e. The molecule has 0 amide bonds. The average Bonchev–Trinajstić information content (AvgIpc) is 2.46. The van der Waals surface area contributed by atoms with Gasteiger partial charge in [-0.3, -0.25) is 9.00 Å². The Morgan fingerprint density at radius 2 is 1.75 bits per heavy atom. The van der Waals surface area contributed by atoms with Crippen LogP contribution in [0.2, 0.25) is 0 Å². The number of halogens is 1. The minimum absolute atomic E-state index is 0.526. The highest BCUT2D eigenvalue weighted by Crippen LogP contribution is 2.28. The number of hydrogen-bond acceptors (Lipinski definition) is 2.